The Bertz CT molecular complexity index is 581. The first-order valence-corrected chi connectivity index (χ1v) is 6.98. The van der Waals surface area contributed by atoms with Gasteiger partial charge in [0.15, 0.2) is 0 Å². The second kappa shape index (κ2) is 4.98. The topological polar surface area (TPSA) is 56.8 Å². The van der Waals surface area contributed by atoms with Crippen LogP contribution in [0.2, 0.25) is 5.28 Å². The molecule has 0 saturated carbocycles. The number of aromatic nitrogens is 3. The minimum atomic E-state index is 0.273. The molecule has 2 aromatic heterocycles. The summed E-state index contributed by atoms with van der Waals surface area (Å²) in [5.74, 6) is 0.823. The van der Waals surface area contributed by atoms with Crippen LogP contribution in [0, 0.1) is 0 Å². The third kappa shape index (κ3) is 2.53. The molecule has 0 spiro atoms. The first kappa shape index (κ1) is 12.7. The molecule has 2 unspecified atom stereocenters. The number of nitrogens with one attached hydrogen (secondary N) is 2. The highest BCUT2D eigenvalue weighted by Crippen LogP contribution is 2.24. The average Bonchev–Trinajstić information content (AvgIpc) is 2.82. The molecule has 2 atom stereocenters. The monoisotopic (exact) mass is 279 g/mol. The van der Waals surface area contributed by atoms with Gasteiger partial charge in [0.25, 0.3) is 0 Å². The lowest BCUT2D eigenvalue weighted by Crippen LogP contribution is -2.44. The van der Waals surface area contributed by atoms with Crippen LogP contribution in [0.1, 0.15) is 19.8 Å². The molecule has 1 saturated heterocycles. The smallest absolute Gasteiger partial charge is 0.226 e. The van der Waals surface area contributed by atoms with E-state index >= 15 is 0 Å². The summed E-state index contributed by atoms with van der Waals surface area (Å²) in [6, 6.07) is 3.04. The van der Waals surface area contributed by atoms with E-state index in [-0.39, 0.29) is 5.28 Å². The Balaban J connectivity index is 1.83. The summed E-state index contributed by atoms with van der Waals surface area (Å²) in [5.41, 5.74) is 0.778. The van der Waals surface area contributed by atoms with Crippen molar-refractivity contribution in [1.82, 2.24) is 19.9 Å². The third-order valence-corrected chi connectivity index (χ3v) is 4.09. The van der Waals surface area contributed by atoms with Crippen LogP contribution in [-0.2, 0) is 0 Å². The van der Waals surface area contributed by atoms with E-state index in [1.54, 1.807) is 0 Å². The highest BCUT2D eigenvalue weighted by Gasteiger charge is 2.23. The van der Waals surface area contributed by atoms with Gasteiger partial charge in [0.05, 0.1) is 5.39 Å². The third-order valence-electron chi connectivity index (χ3n) is 3.92. The van der Waals surface area contributed by atoms with Gasteiger partial charge in [-0.15, -0.1) is 0 Å². The van der Waals surface area contributed by atoms with Gasteiger partial charge < -0.3 is 15.2 Å². The van der Waals surface area contributed by atoms with Crippen molar-refractivity contribution >= 4 is 28.5 Å². The van der Waals surface area contributed by atoms with E-state index in [1.807, 2.05) is 12.3 Å². The number of nitrogens with zero attached hydrogens (tertiary/aromatic N) is 3. The summed E-state index contributed by atoms with van der Waals surface area (Å²) in [5, 5.41) is 4.77. The van der Waals surface area contributed by atoms with Gasteiger partial charge in [0, 0.05) is 24.8 Å². The second-order valence-electron chi connectivity index (χ2n) is 5.29. The number of hydrogen-bond donors (Lipinski definition) is 2. The predicted octanol–water partition coefficient (Wildman–Crippen LogP) is 2.51. The summed E-state index contributed by atoms with van der Waals surface area (Å²) < 4.78 is 0. The number of H-pyrrole nitrogens is 1. The maximum atomic E-state index is 5.96. The zero-order valence-electron chi connectivity index (χ0n) is 11.2. The van der Waals surface area contributed by atoms with Gasteiger partial charge in [-0.1, -0.05) is 0 Å². The Kier molecular flexibility index (Phi) is 3.33. The lowest BCUT2D eigenvalue weighted by molar-refractivity contribution is 0.188. The van der Waals surface area contributed by atoms with E-state index < -0.39 is 0 Å². The van der Waals surface area contributed by atoms with Crippen molar-refractivity contribution in [2.75, 3.05) is 18.9 Å². The molecule has 0 aromatic carbocycles. The molecular formula is C13H18ClN5. The van der Waals surface area contributed by atoms with Gasteiger partial charge in [0.2, 0.25) is 5.28 Å². The number of likely N-dealkylation sites (tertiary alicyclic amines) is 1. The molecule has 1 fully saturated rings. The van der Waals surface area contributed by atoms with E-state index in [2.05, 4.69) is 39.1 Å². The number of rotatable bonds is 2. The number of anilines is 1. The van der Waals surface area contributed by atoms with E-state index in [0.29, 0.717) is 12.1 Å². The first-order valence-electron chi connectivity index (χ1n) is 6.61. The maximum Gasteiger partial charge on any atom is 0.226 e. The fourth-order valence-corrected chi connectivity index (χ4v) is 2.79. The van der Waals surface area contributed by atoms with Crippen LogP contribution in [0.4, 0.5) is 5.82 Å². The van der Waals surface area contributed by atoms with Crippen LogP contribution in [0.5, 0.6) is 0 Å². The maximum absolute atomic E-state index is 5.96. The van der Waals surface area contributed by atoms with Crippen LogP contribution in [-0.4, -0.2) is 45.5 Å². The largest absolute Gasteiger partial charge is 0.365 e. The first-order chi connectivity index (χ1) is 9.13. The number of likely N-dealkylation sites (N-methyl/N-ethyl adjacent to an activating group) is 1. The number of fused-ring (bicyclic) bond motifs is 1. The van der Waals surface area contributed by atoms with Gasteiger partial charge >= 0.3 is 0 Å². The zero-order chi connectivity index (χ0) is 13.4. The number of hydrogen-bond acceptors (Lipinski definition) is 4. The van der Waals surface area contributed by atoms with Crippen LogP contribution in [0.15, 0.2) is 12.3 Å². The average molecular weight is 280 g/mol. The molecule has 19 heavy (non-hydrogen) atoms. The zero-order valence-corrected chi connectivity index (χ0v) is 11.9. The predicted molar refractivity (Wildman–Crippen MR) is 77.6 cm³/mol. The van der Waals surface area contributed by atoms with Gasteiger partial charge in [0.1, 0.15) is 11.5 Å². The van der Waals surface area contributed by atoms with Gasteiger partial charge in [-0.25, -0.2) is 4.98 Å². The van der Waals surface area contributed by atoms with E-state index in [0.717, 1.165) is 29.8 Å². The van der Waals surface area contributed by atoms with Crippen molar-refractivity contribution in [2.24, 2.45) is 0 Å². The molecular weight excluding hydrogens is 262 g/mol. The minimum Gasteiger partial charge on any atom is -0.365 e. The van der Waals surface area contributed by atoms with Crippen LogP contribution in [0.3, 0.4) is 0 Å². The second-order valence-corrected chi connectivity index (χ2v) is 5.63. The van der Waals surface area contributed by atoms with Crippen molar-refractivity contribution in [3.63, 3.8) is 0 Å². The molecule has 5 nitrogen and oxygen atoms in total. The summed E-state index contributed by atoms with van der Waals surface area (Å²) in [6.45, 7) is 3.29. The highest BCUT2D eigenvalue weighted by molar-refractivity contribution is 6.28. The number of piperidine rings is 1. The Morgan fingerprint density at radius 3 is 3.05 bits per heavy atom. The summed E-state index contributed by atoms with van der Waals surface area (Å²) in [6.07, 6.45) is 4.21. The summed E-state index contributed by atoms with van der Waals surface area (Å²) >= 11 is 5.96. The molecule has 2 N–H and O–H groups in total. The van der Waals surface area contributed by atoms with Gasteiger partial charge in [-0.2, -0.15) is 4.98 Å². The molecule has 1 aliphatic rings. The highest BCUT2D eigenvalue weighted by atomic mass is 35.5. The van der Waals surface area contributed by atoms with E-state index in [9.17, 15) is 0 Å². The Morgan fingerprint density at radius 2 is 2.26 bits per heavy atom. The molecule has 6 heteroatoms. The normalized spacial score (nSPS) is 24.8. The van der Waals surface area contributed by atoms with Gasteiger partial charge in [-0.3, -0.25) is 0 Å². The standard InChI is InChI=1S/C13H18ClN5/c1-8-3-4-9(7-19(8)2)16-12-10-5-6-15-11(10)17-13(14)18-12/h5-6,8-9H,3-4,7H2,1-2H3,(H2,15,16,17,18). The molecule has 1 aliphatic heterocycles. The van der Waals surface area contributed by atoms with Crippen LogP contribution >= 0.6 is 11.6 Å². The van der Waals surface area contributed by atoms with Crippen molar-refractivity contribution in [1.29, 1.82) is 0 Å². The number of halogens is 1. The Hall–Kier alpha value is -1.33. The van der Waals surface area contributed by atoms with Gasteiger partial charge in [-0.05, 0) is 44.5 Å². The summed E-state index contributed by atoms with van der Waals surface area (Å²) in [4.78, 5) is 13.9. The molecule has 3 rings (SSSR count). The lowest BCUT2D eigenvalue weighted by atomic mass is 10.00. The fourth-order valence-electron chi connectivity index (χ4n) is 2.62. The molecule has 0 aliphatic carbocycles. The van der Waals surface area contributed by atoms with Crippen molar-refractivity contribution in [2.45, 2.75) is 31.8 Å². The Labute approximate surface area is 117 Å². The molecule has 0 amide bonds. The fraction of sp³-hybridized carbons (Fsp3) is 0.538. The van der Waals surface area contributed by atoms with Crippen LogP contribution < -0.4 is 5.32 Å². The SMILES string of the molecule is CC1CCC(Nc2nc(Cl)nc3[nH]ccc23)CN1C. The van der Waals surface area contributed by atoms with Crippen molar-refractivity contribution in [3.8, 4) is 0 Å². The molecule has 2 aromatic rings. The van der Waals surface area contributed by atoms with Crippen molar-refractivity contribution < 1.29 is 0 Å². The van der Waals surface area contributed by atoms with Crippen molar-refractivity contribution in [3.05, 3.63) is 17.5 Å². The molecule has 102 valence electrons. The minimum absolute atomic E-state index is 0.273. The molecule has 3 heterocycles. The van der Waals surface area contributed by atoms with E-state index in [1.165, 1.54) is 6.42 Å². The van der Waals surface area contributed by atoms with Crippen LogP contribution in [0.25, 0.3) is 11.0 Å². The summed E-state index contributed by atoms with van der Waals surface area (Å²) in [7, 11) is 2.16. The quantitative estimate of drug-likeness (QED) is 0.830. The molecule has 0 bridgehead atoms. The van der Waals surface area contributed by atoms with E-state index in [4.69, 9.17) is 11.6 Å². The Morgan fingerprint density at radius 1 is 1.42 bits per heavy atom. The molecule has 0 radical (unpaired) electrons. The lowest BCUT2D eigenvalue weighted by Gasteiger charge is -2.35. The number of aromatic amines is 1.